The molecule has 82 valence electrons. The Morgan fingerprint density at radius 3 is 3.25 bits per heavy atom. The molecule has 0 bridgehead atoms. The molecule has 2 heterocycles. The Hall–Kier alpha value is -2.17. The van der Waals surface area contributed by atoms with Gasteiger partial charge >= 0.3 is 0 Å². The van der Waals surface area contributed by atoms with Crippen LogP contribution in [0.25, 0.3) is 0 Å². The predicted molar refractivity (Wildman–Crippen MR) is 63.9 cm³/mol. The fraction of sp³-hybridized carbons (Fsp3) is 0.182. The van der Waals surface area contributed by atoms with Crippen molar-refractivity contribution in [3.63, 3.8) is 0 Å². The molecule has 0 fully saturated rings. The number of nitrogens with one attached hydrogen (secondary N) is 1. The lowest BCUT2D eigenvalue weighted by Gasteiger charge is -2.24. The van der Waals surface area contributed by atoms with Gasteiger partial charge in [0.25, 0.3) is 0 Å². The zero-order valence-corrected chi connectivity index (χ0v) is 9.09. The maximum absolute atomic E-state index is 4.31. The van der Waals surface area contributed by atoms with Gasteiger partial charge < -0.3 is 0 Å². The second-order valence-electron chi connectivity index (χ2n) is 3.49. The Balaban J connectivity index is 2.07. The molecule has 0 saturated carbocycles. The molecule has 0 aliphatic carbocycles. The summed E-state index contributed by atoms with van der Waals surface area (Å²) in [4.78, 5) is 4.01. The Labute approximate surface area is 94.2 Å². The zero-order valence-electron chi connectivity index (χ0n) is 9.09. The summed E-state index contributed by atoms with van der Waals surface area (Å²) in [6.45, 7) is 6.41. The highest BCUT2D eigenvalue weighted by molar-refractivity contribution is 5.85. The first-order valence-corrected chi connectivity index (χ1v) is 4.95. The van der Waals surface area contributed by atoms with Gasteiger partial charge in [-0.15, -0.1) is 0 Å². The summed E-state index contributed by atoms with van der Waals surface area (Å²) in [6.07, 6.45) is 5.23. The van der Waals surface area contributed by atoms with E-state index in [-0.39, 0.29) is 0 Å². The maximum Gasteiger partial charge on any atom is 0.136 e. The van der Waals surface area contributed by atoms with E-state index in [1.54, 1.807) is 23.6 Å². The van der Waals surface area contributed by atoms with Crippen LogP contribution in [0.4, 0.5) is 0 Å². The summed E-state index contributed by atoms with van der Waals surface area (Å²) in [6, 6.07) is 3.81. The molecule has 0 radical (unpaired) electrons. The van der Waals surface area contributed by atoms with E-state index in [9.17, 15) is 0 Å². The molecule has 0 atom stereocenters. The third kappa shape index (κ3) is 2.44. The first kappa shape index (κ1) is 10.4. The van der Waals surface area contributed by atoms with E-state index in [0.717, 1.165) is 11.3 Å². The van der Waals surface area contributed by atoms with Crippen molar-refractivity contribution in [3.05, 3.63) is 42.5 Å². The second-order valence-corrected chi connectivity index (χ2v) is 3.49. The topological polar surface area (TPSA) is 52.9 Å². The summed E-state index contributed by atoms with van der Waals surface area (Å²) < 4.78 is 0. The average molecular weight is 215 g/mol. The number of hydrogen-bond donors (Lipinski definition) is 1. The minimum Gasteiger partial charge on any atom is -0.264 e. The molecule has 1 aliphatic rings. The first-order chi connectivity index (χ1) is 7.75. The molecular weight excluding hydrogens is 202 g/mol. The van der Waals surface area contributed by atoms with Gasteiger partial charge in [-0.3, -0.25) is 10.4 Å². The van der Waals surface area contributed by atoms with E-state index in [2.05, 4.69) is 27.2 Å². The monoisotopic (exact) mass is 215 g/mol. The predicted octanol–water partition coefficient (Wildman–Crippen LogP) is 1.17. The minimum absolute atomic E-state index is 0.655. The van der Waals surface area contributed by atoms with Gasteiger partial charge in [0.2, 0.25) is 0 Å². The van der Waals surface area contributed by atoms with Gasteiger partial charge in [0.1, 0.15) is 5.82 Å². The lowest BCUT2D eigenvalue weighted by Crippen LogP contribution is -2.34. The van der Waals surface area contributed by atoms with Crippen LogP contribution in [0.5, 0.6) is 0 Å². The highest BCUT2D eigenvalue weighted by Crippen LogP contribution is 2.05. The minimum atomic E-state index is 0.655. The Bertz CT molecular complexity index is 435. The number of nitrogens with zero attached hydrogens (tertiary/aromatic N) is 4. The standard InChI is InChI=1S/C11H13N5/c1-9-8-16(10(2)15-14-9)13-7-11-4-3-5-12-6-11/h3-7,15H,2,8H2,1H3/b13-7+. The molecule has 5 heteroatoms. The lowest BCUT2D eigenvalue weighted by molar-refractivity contribution is 0.371. The maximum atomic E-state index is 4.31. The smallest absolute Gasteiger partial charge is 0.136 e. The summed E-state index contributed by atoms with van der Waals surface area (Å²) in [5.74, 6) is 0.672. The summed E-state index contributed by atoms with van der Waals surface area (Å²) >= 11 is 0. The van der Waals surface area contributed by atoms with Gasteiger partial charge in [-0.2, -0.15) is 10.2 Å². The molecule has 0 unspecified atom stereocenters. The third-order valence-electron chi connectivity index (χ3n) is 2.10. The van der Waals surface area contributed by atoms with Crippen molar-refractivity contribution >= 4 is 11.9 Å². The highest BCUT2D eigenvalue weighted by Gasteiger charge is 2.11. The van der Waals surface area contributed by atoms with Crippen LogP contribution >= 0.6 is 0 Å². The van der Waals surface area contributed by atoms with Gasteiger partial charge in [-0.25, -0.2) is 5.01 Å². The molecule has 0 spiro atoms. The van der Waals surface area contributed by atoms with Crippen molar-refractivity contribution in [3.8, 4) is 0 Å². The van der Waals surface area contributed by atoms with Gasteiger partial charge in [0.15, 0.2) is 0 Å². The molecule has 1 aromatic rings. The molecule has 5 nitrogen and oxygen atoms in total. The number of aromatic nitrogens is 1. The normalized spacial score (nSPS) is 16.2. The Morgan fingerprint density at radius 1 is 1.62 bits per heavy atom. The van der Waals surface area contributed by atoms with E-state index in [4.69, 9.17) is 0 Å². The van der Waals surface area contributed by atoms with Crippen molar-refractivity contribution in [1.82, 2.24) is 15.4 Å². The van der Waals surface area contributed by atoms with Crippen molar-refractivity contribution in [2.24, 2.45) is 10.2 Å². The highest BCUT2D eigenvalue weighted by atomic mass is 15.6. The van der Waals surface area contributed by atoms with Crippen LogP contribution in [0.15, 0.2) is 47.1 Å². The largest absolute Gasteiger partial charge is 0.264 e. The summed E-state index contributed by atoms with van der Waals surface area (Å²) in [7, 11) is 0. The molecule has 16 heavy (non-hydrogen) atoms. The van der Waals surface area contributed by atoms with E-state index in [1.165, 1.54) is 0 Å². The number of rotatable bonds is 2. The molecule has 0 amide bonds. The van der Waals surface area contributed by atoms with Crippen LogP contribution < -0.4 is 5.43 Å². The zero-order chi connectivity index (χ0) is 11.4. The second kappa shape index (κ2) is 4.57. The summed E-state index contributed by atoms with van der Waals surface area (Å²) in [5, 5.41) is 10.1. The van der Waals surface area contributed by atoms with Crippen LogP contribution in [0, 0.1) is 0 Å². The van der Waals surface area contributed by atoms with Gasteiger partial charge in [0.05, 0.1) is 18.5 Å². The Morgan fingerprint density at radius 2 is 2.50 bits per heavy atom. The SMILES string of the molecule is C=C1NN=C(C)CN1/N=C/c1cccnc1. The van der Waals surface area contributed by atoms with Crippen LogP contribution in [-0.2, 0) is 0 Å². The van der Waals surface area contributed by atoms with Crippen LogP contribution in [-0.4, -0.2) is 28.5 Å². The van der Waals surface area contributed by atoms with Gasteiger partial charge in [0, 0.05) is 18.0 Å². The fourth-order valence-corrected chi connectivity index (χ4v) is 1.26. The molecule has 1 N–H and O–H groups in total. The summed E-state index contributed by atoms with van der Waals surface area (Å²) in [5.41, 5.74) is 4.73. The van der Waals surface area contributed by atoms with Gasteiger partial charge in [-0.05, 0) is 13.0 Å². The Kier molecular flexibility index (Phi) is 2.95. The molecule has 1 aliphatic heterocycles. The molecule has 0 aromatic carbocycles. The average Bonchev–Trinajstić information content (AvgIpc) is 2.32. The van der Waals surface area contributed by atoms with E-state index < -0.39 is 0 Å². The number of hydrazone groups is 2. The van der Waals surface area contributed by atoms with Crippen molar-refractivity contribution < 1.29 is 0 Å². The van der Waals surface area contributed by atoms with Crippen molar-refractivity contribution in [2.45, 2.75) is 6.92 Å². The third-order valence-corrected chi connectivity index (χ3v) is 2.10. The van der Waals surface area contributed by atoms with Crippen molar-refractivity contribution in [1.29, 1.82) is 0 Å². The van der Waals surface area contributed by atoms with Crippen LogP contribution in [0.1, 0.15) is 12.5 Å². The molecular formula is C11H13N5. The number of pyridine rings is 1. The van der Waals surface area contributed by atoms with E-state index >= 15 is 0 Å². The van der Waals surface area contributed by atoms with Crippen molar-refractivity contribution in [2.75, 3.05) is 6.54 Å². The number of hydrogen-bond acceptors (Lipinski definition) is 5. The fourth-order valence-electron chi connectivity index (χ4n) is 1.26. The van der Waals surface area contributed by atoms with Gasteiger partial charge in [-0.1, -0.05) is 12.6 Å². The molecule has 1 aromatic heterocycles. The first-order valence-electron chi connectivity index (χ1n) is 4.95. The lowest BCUT2D eigenvalue weighted by atomic mass is 10.3. The van der Waals surface area contributed by atoms with Crippen LogP contribution in [0.3, 0.4) is 0 Å². The van der Waals surface area contributed by atoms with E-state index in [0.29, 0.717) is 12.4 Å². The molecule has 0 saturated heterocycles. The van der Waals surface area contributed by atoms with Crippen LogP contribution in [0.2, 0.25) is 0 Å². The molecule has 2 rings (SSSR count). The van der Waals surface area contributed by atoms with E-state index in [1.807, 2.05) is 19.1 Å². The quantitative estimate of drug-likeness (QED) is 0.753.